The third-order valence-corrected chi connectivity index (χ3v) is 6.16. The van der Waals surface area contributed by atoms with E-state index in [4.69, 9.17) is 23.3 Å². The summed E-state index contributed by atoms with van der Waals surface area (Å²) >= 11 is 0. The number of rotatable bonds is 14. The van der Waals surface area contributed by atoms with Crippen LogP contribution in [0, 0.1) is 6.92 Å². The maximum atomic E-state index is 12.6. The minimum atomic E-state index is -4.78. The van der Waals surface area contributed by atoms with Crippen LogP contribution < -0.4 is 11.2 Å². The SMILES string of the molecule is CCCC(=O)OCC(COP(=O)(O)OC1C[C@H](n2cc(C)c(=O)[nH]c2=O)O[C@@H]1CO)OC(=O)CCC. The molecule has 5 atom stereocenters. The van der Waals surface area contributed by atoms with Gasteiger partial charge in [0.25, 0.3) is 5.56 Å². The zero-order valence-corrected chi connectivity index (χ0v) is 21.3. The summed E-state index contributed by atoms with van der Waals surface area (Å²) in [6.45, 7) is 3.46. The number of carbonyl (C=O) groups is 2. The zero-order valence-electron chi connectivity index (χ0n) is 20.4. The van der Waals surface area contributed by atoms with Crippen molar-refractivity contribution < 1.29 is 47.4 Å². The van der Waals surface area contributed by atoms with Gasteiger partial charge < -0.3 is 24.2 Å². The Morgan fingerprint density at radius 1 is 1.22 bits per heavy atom. The molecule has 14 nitrogen and oxygen atoms in total. The maximum absolute atomic E-state index is 12.6. The fourth-order valence-electron chi connectivity index (χ4n) is 3.35. The second-order valence-electron chi connectivity index (χ2n) is 8.23. The molecule has 0 bridgehead atoms. The smallest absolute Gasteiger partial charge is 0.462 e. The first-order valence-electron chi connectivity index (χ1n) is 11.6. The summed E-state index contributed by atoms with van der Waals surface area (Å²) in [5, 5.41) is 9.63. The lowest BCUT2D eigenvalue weighted by Crippen LogP contribution is -2.33. The molecule has 0 saturated carbocycles. The number of hydrogen-bond acceptors (Lipinski definition) is 11. The Morgan fingerprint density at radius 3 is 2.53 bits per heavy atom. The summed E-state index contributed by atoms with van der Waals surface area (Å²) in [7, 11) is -4.78. The molecule has 204 valence electrons. The van der Waals surface area contributed by atoms with E-state index < -0.39 is 68.8 Å². The van der Waals surface area contributed by atoms with Crippen molar-refractivity contribution in [1.82, 2.24) is 9.55 Å². The number of aromatic amines is 1. The lowest BCUT2D eigenvalue weighted by molar-refractivity contribution is -0.161. The number of hydrogen-bond donors (Lipinski definition) is 3. The number of phosphoric ester groups is 1. The predicted octanol–water partition coefficient (Wildman–Crippen LogP) is 0.682. The van der Waals surface area contributed by atoms with Crippen molar-refractivity contribution in [3.05, 3.63) is 32.6 Å². The van der Waals surface area contributed by atoms with Crippen molar-refractivity contribution in [2.24, 2.45) is 0 Å². The van der Waals surface area contributed by atoms with Crippen LogP contribution in [0.5, 0.6) is 0 Å². The van der Waals surface area contributed by atoms with E-state index in [-0.39, 0.29) is 31.4 Å². The highest BCUT2D eigenvalue weighted by molar-refractivity contribution is 7.47. The average Bonchev–Trinajstić information content (AvgIpc) is 3.20. The van der Waals surface area contributed by atoms with Gasteiger partial charge in [0.2, 0.25) is 0 Å². The number of esters is 2. The van der Waals surface area contributed by atoms with Crippen LogP contribution in [-0.4, -0.2) is 69.6 Å². The highest BCUT2D eigenvalue weighted by Crippen LogP contribution is 2.48. The Labute approximate surface area is 207 Å². The summed E-state index contributed by atoms with van der Waals surface area (Å²) in [5.41, 5.74) is -1.09. The molecule has 2 heterocycles. The van der Waals surface area contributed by atoms with E-state index in [2.05, 4.69) is 4.98 Å². The Bertz CT molecular complexity index is 1050. The minimum absolute atomic E-state index is 0.0925. The summed E-state index contributed by atoms with van der Waals surface area (Å²) in [4.78, 5) is 59.7. The molecule has 1 saturated heterocycles. The third-order valence-electron chi connectivity index (χ3n) is 5.15. The summed E-state index contributed by atoms with van der Waals surface area (Å²) < 4.78 is 39.6. The molecular weight excluding hydrogens is 503 g/mol. The van der Waals surface area contributed by atoms with Crippen molar-refractivity contribution in [1.29, 1.82) is 0 Å². The second-order valence-corrected chi connectivity index (χ2v) is 9.64. The zero-order chi connectivity index (χ0) is 26.9. The topological polar surface area (TPSA) is 193 Å². The van der Waals surface area contributed by atoms with Gasteiger partial charge in [0.1, 0.15) is 25.0 Å². The molecule has 1 aromatic heterocycles. The van der Waals surface area contributed by atoms with Gasteiger partial charge in [-0.2, -0.15) is 0 Å². The first-order chi connectivity index (χ1) is 17.0. The number of aromatic nitrogens is 2. The monoisotopic (exact) mass is 536 g/mol. The van der Waals surface area contributed by atoms with Crippen LogP contribution >= 0.6 is 7.82 Å². The van der Waals surface area contributed by atoms with Crippen LogP contribution in [0.15, 0.2) is 15.8 Å². The van der Waals surface area contributed by atoms with E-state index in [1.54, 1.807) is 13.8 Å². The molecule has 0 aromatic carbocycles. The molecule has 0 amide bonds. The third kappa shape index (κ3) is 8.95. The van der Waals surface area contributed by atoms with Gasteiger partial charge in [0.05, 0.1) is 13.2 Å². The molecule has 0 aliphatic carbocycles. The average molecular weight is 536 g/mol. The Balaban J connectivity index is 2.04. The van der Waals surface area contributed by atoms with Crippen molar-refractivity contribution >= 4 is 19.8 Å². The van der Waals surface area contributed by atoms with E-state index in [9.17, 15) is 33.7 Å². The number of aliphatic hydroxyl groups is 1. The maximum Gasteiger partial charge on any atom is 0.472 e. The Hall–Kier alpha value is -2.35. The van der Waals surface area contributed by atoms with Crippen molar-refractivity contribution in [3.8, 4) is 0 Å². The number of H-pyrrole nitrogens is 1. The van der Waals surface area contributed by atoms with E-state index in [1.807, 2.05) is 0 Å². The molecule has 15 heteroatoms. The van der Waals surface area contributed by atoms with E-state index >= 15 is 0 Å². The molecule has 1 aromatic rings. The largest absolute Gasteiger partial charge is 0.472 e. The van der Waals surface area contributed by atoms with Crippen LogP contribution in [0.1, 0.15) is 57.7 Å². The molecule has 0 spiro atoms. The molecule has 2 rings (SSSR count). The van der Waals surface area contributed by atoms with Crippen LogP contribution in [0.4, 0.5) is 0 Å². The van der Waals surface area contributed by atoms with Gasteiger partial charge in [-0.05, 0) is 19.8 Å². The van der Waals surface area contributed by atoms with E-state index in [0.29, 0.717) is 12.8 Å². The number of carbonyl (C=O) groups excluding carboxylic acids is 2. The fraction of sp³-hybridized carbons (Fsp3) is 0.714. The standard InChI is InChI=1S/C21H33N2O12P/c1-4-6-18(25)31-11-14(33-19(26)7-5-2)12-32-36(29,30)35-15-8-17(34-16(15)10-24)23-9-13(3)20(27)22-21(23)28/h9,14-17,24H,4-8,10-12H2,1-3H3,(H,29,30)(H,22,27,28)/t14?,15?,16-,17-/m1/s1. The molecule has 3 N–H and O–H groups in total. The predicted molar refractivity (Wildman–Crippen MR) is 123 cm³/mol. The van der Waals surface area contributed by atoms with Crippen molar-refractivity contribution in [2.75, 3.05) is 19.8 Å². The number of nitrogens with zero attached hydrogens (tertiary/aromatic N) is 1. The van der Waals surface area contributed by atoms with Gasteiger partial charge in [0, 0.05) is 31.0 Å². The quantitative estimate of drug-likeness (QED) is 0.223. The van der Waals surface area contributed by atoms with Crippen LogP contribution in [-0.2, 0) is 37.4 Å². The highest BCUT2D eigenvalue weighted by Gasteiger charge is 2.42. The number of ether oxygens (including phenoxy) is 3. The fourth-order valence-corrected chi connectivity index (χ4v) is 4.33. The Kier molecular flexibility index (Phi) is 11.5. The lowest BCUT2D eigenvalue weighted by Gasteiger charge is -2.22. The minimum Gasteiger partial charge on any atom is -0.462 e. The van der Waals surface area contributed by atoms with E-state index in [1.165, 1.54) is 13.1 Å². The van der Waals surface area contributed by atoms with Gasteiger partial charge >= 0.3 is 25.5 Å². The molecule has 36 heavy (non-hydrogen) atoms. The number of phosphoric acid groups is 1. The van der Waals surface area contributed by atoms with Crippen molar-refractivity contribution in [3.63, 3.8) is 0 Å². The normalized spacial score (nSPS) is 22.1. The molecule has 1 aliphatic rings. The molecule has 0 radical (unpaired) electrons. The lowest BCUT2D eigenvalue weighted by atomic mass is 10.2. The Morgan fingerprint density at radius 2 is 1.89 bits per heavy atom. The van der Waals surface area contributed by atoms with Crippen LogP contribution in [0.2, 0.25) is 0 Å². The first kappa shape index (κ1) is 29.9. The highest BCUT2D eigenvalue weighted by atomic mass is 31.2. The van der Waals surface area contributed by atoms with Gasteiger partial charge in [-0.15, -0.1) is 0 Å². The number of aryl methyl sites for hydroxylation is 1. The molecule has 1 aliphatic heterocycles. The molecule has 1 fully saturated rings. The summed E-state index contributed by atoms with van der Waals surface area (Å²) in [6, 6.07) is 0. The number of nitrogens with one attached hydrogen (secondary N) is 1. The summed E-state index contributed by atoms with van der Waals surface area (Å²) in [5.74, 6) is -1.12. The van der Waals surface area contributed by atoms with Gasteiger partial charge in [-0.1, -0.05) is 13.8 Å². The molecular formula is C21H33N2O12P. The van der Waals surface area contributed by atoms with Gasteiger partial charge in [-0.3, -0.25) is 33.0 Å². The number of aliphatic hydroxyl groups excluding tert-OH is 1. The second kappa shape index (κ2) is 13.8. The van der Waals surface area contributed by atoms with Gasteiger partial charge in [-0.25, -0.2) is 9.36 Å². The van der Waals surface area contributed by atoms with Gasteiger partial charge in [0.15, 0.2) is 6.10 Å². The van der Waals surface area contributed by atoms with Crippen LogP contribution in [0.3, 0.4) is 0 Å². The first-order valence-corrected chi connectivity index (χ1v) is 13.1. The summed E-state index contributed by atoms with van der Waals surface area (Å²) in [6.07, 6.45) is -1.92. The van der Waals surface area contributed by atoms with Crippen LogP contribution in [0.25, 0.3) is 0 Å². The van der Waals surface area contributed by atoms with Crippen molar-refractivity contribution in [2.45, 2.75) is 77.4 Å². The van der Waals surface area contributed by atoms with E-state index in [0.717, 1.165) is 4.57 Å². The molecule has 3 unspecified atom stereocenters.